The van der Waals surface area contributed by atoms with Crippen molar-refractivity contribution in [3.63, 3.8) is 0 Å². The lowest BCUT2D eigenvalue weighted by Crippen LogP contribution is -2.23. The highest BCUT2D eigenvalue weighted by Gasteiger charge is 2.14. The fourth-order valence-corrected chi connectivity index (χ4v) is 2.86. The Balaban J connectivity index is 1.37. The van der Waals surface area contributed by atoms with Crippen molar-refractivity contribution in [2.24, 2.45) is 0 Å². The maximum absolute atomic E-state index is 13.0. The monoisotopic (exact) mass is 416 g/mol. The third kappa shape index (κ3) is 4.99. The molecule has 8 heteroatoms. The Morgan fingerprint density at radius 3 is 2.58 bits per heavy atom. The van der Waals surface area contributed by atoms with Gasteiger partial charge in [-0.25, -0.2) is 4.39 Å². The fourth-order valence-electron chi connectivity index (χ4n) is 2.86. The minimum absolute atomic E-state index is 0.152. The van der Waals surface area contributed by atoms with Crippen LogP contribution in [0.1, 0.15) is 26.4 Å². The summed E-state index contributed by atoms with van der Waals surface area (Å²) in [6.45, 7) is 0.230. The molecule has 2 amide bonds. The van der Waals surface area contributed by atoms with Crippen LogP contribution in [0.15, 0.2) is 83.6 Å². The Bertz CT molecular complexity index is 1210. The fraction of sp³-hybridized carbons (Fsp3) is 0.0435. The van der Waals surface area contributed by atoms with Crippen molar-refractivity contribution in [2.45, 2.75) is 6.54 Å². The molecule has 7 nitrogen and oxygen atoms in total. The van der Waals surface area contributed by atoms with Gasteiger partial charge in [0.15, 0.2) is 11.5 Å². The third-order valence-corrected chi connectivity index (χ3v) is 4.43. The van der Waals surface area contributed by atoms with Gasteiger partial charge in [-0.05, 0) is 54.1 Å². The first-order chi connectivity index (χ1) is 15.1. The zero-order valence-corrected chi connectivity index (χ0v) is 16.2. The van der Waals surface area contributed by atoms with Crippen molar-refractivity contribution in [2.75, 3.05) is 5.32 Å². The summed E-state index contributed by atoms with van der Waals surface area (Å²) in [6.07, 6.45) is 3.26. The minimum Gasteiger partial charge on any atom is -0.355 e. The smallest absolute Gasteiger partial charge is 0.273 e. The number of hydrogen-bond donors (Lipinski definition) is 2. The first-order valence-electron chi connectivity index (χ1n) is 9.40. The highest BCUT2D eigenvalue weighted by atomic mass is 19.1. The molecule has 0 unspecified atom stereocenters. The second kappa shape index (κ2) is 9.00. The predicted octanol–water partition coefficient (Wildman–Crippen LogP) is 4.06. The van der Waals surface area contributed by atoms with Gasteiger partial charge in [0.1, 0.15) is 5.82 Å². The average Bonchev–Trinajstić information content (AvgIpc) is 3.29. The van der Waals surface area contributed by atoms with Gasteiger partial charge in [0.2, 0.25) is 0 Å². The molecule has 0 aliphatic carbocycles. The second-order valence-corrected chi connectivity index (χ2v) is 6.66. The molecule has 0 saturated carbocycles. The number of rotatable bonds is 6. The number of halogens is 1. The number of nitrogens with one attached hydrogen (secondary N) is 2. The Morgan fingerprint density at radius 2 is 1.81 bits per heavy atom. The Hall–Kier alpha value is -4.33. The molecule has 0 fully saturated rings. The standard InChI is InChI=1S/C23H17FN4O3/c24-18-8-6-16(7-9-18)22(29)27-19-5-1-3-15(11-19)13-26-23(30)20-12-21(31-28-20)17-4-2-10-25-14-17/h1-12,14H,13H2,(H,26,30)(H,27,29). The molecule has 0 bridgehead atoms. The summed E-state index contributed by atoms with van der Waals surface area (Å²) >= 11 is 0. The number of pyridine rings is 1. The van der Waals surface area contributed by atoms with E-state index in [1.807, 2.05) is 6.07 Å². The number of amides is 2. The SMILES string of the molecule is O=C(Nc1cccc(CNC(=O)c2cc(-c3cccnc3)on2)c1)c1ccc(F)cc1. The van der Waals surface area contributed by atoms with Gasteiger partial charge in [-0.3, -0.25) is 14.6 Å². The van der Waals surface area contributed by atoms with E-state index in [2.05, 4.69) is 20.8 Å². The van der Waals surface area contributed by atoms with Crippen LogP contribution in [0.5, 0.6) is 0 Å². The molecule has 0 aliphatic heterocycles. The third-order valence-electron chi connectivity index (χ3n) is 4.43. The van der Waals surface area contributed by atoms with Gasteiger partial charge in [0.05, 0.1) is 0 Å². The molecule has 2 heterocycles. The molecule has 0 radical (unpaired) electrons. The van der Waals surface area contributed by atoms with Gasteiger partial charge < -0.3 is 15.2 Å². The summed E-state index contributed by atoms with van der Waals surface area (Å²) in [5.41, 5.74) is 2.55. The molecule has 0 saturated heterocycles. The van der Waals surface area contributed by atoms with Crippen LogP contribution in [-0.2, 0) is 6.54 Å². The number of carbonyl (C=O) groups is 2. The van der Waals surface area contributed by atoms with Crippen molar-refractivity contribution < 1.29 is 18.5 Å². The lowest BCUT2D eigenvalue weighted by molar-refractivity contribution is 0.0941. The molecule has 0 aliphatic rings. The zero-order chi connectivity index (χ0) is 21.6. The molecule has 4 aromatic rings. The number of aromatic nitrogens is 2. The van der Waals surface area contributed by atoms with Crippen LogP contribution in [0, 0.1) is 5.82 Å². The van der Waals surface area contributed by atoms with Crippen molar-refractivity contribution in [1.29, 1.82) is 0 Å². The summed E-state index contributed by atoms with van der Waals surface area (Å²) < 4.78 is 18.2. The summed E-state index contributed by atoms with van der Waals surface area (Å²) in [5, 5.41) is 9.32. The quantitative estimate of drug-likeness (QED) is 0.494. The number of anilines is 1. The number of hydrogen-bond acceptors (Lipinski definition) is 5. The Morgan fingerprint density at radius 1 is 0.968 bits per heavy atom. The molecule has 0 spiro atoms. The molecular weight excluding hydrogens is 399 g/mol. The van der Waals surface area contributed by atoms with E-state index in [0.717, 1.165) is 11.1 Å². The van der Waals surface area contributed by atoms with Crippen LogP contribution in [0.2, 0.25) is 0 Å². The van der Waals surface area contributed by atoms with E-state index in [1.54, 1.807) is 48.8 Å². The van der Waals surface area contributed by atoms with E-state index in [9.17, 15) is 14.0 Å². The van der Waals surface area contributed by atoms with Crippen molar-refractivity contribution in [1.82, 2.24) is 15.5 Å². The van der Waals surface area contributed by atoms with E-state index in [0.29, 0.717) is 17.0 Å². The van der Waals surface area contributed by atoms with E-state index in [4.69, 9.17) is 4.52 Å². The van der Waals surface area contributed by atoms with Gasteiger partial charge in [0, 0.05) is 41.8 Å². The predicted molar refractivity (Wildman–Crippen MR) is 112 cm³/mol. The topological polar surface area (TPSA) is 97.1 Å². The average molecular weight is 416 g/mol. The van der Waals surface area contributed by atoms with Crippen molar-refractivity contribution in [3.05, 3.63) is 102 Å². The summed E-state index contributed by atoms with van der Waals surface area (Å²) in [4.78, 5) is 28.7. The molecule has 154 valence electrons. The van der Waals surface area contributed by atoms with Gasteiger partial charge >= 0.3 is 0 Å². The highest BCUT2D eigenvalue weighted by molar-refractivity contribution is 6.04. The normalized spacial score (nSPS) is 10.5. The molecule has 31 heavy (non-hydrogen) atoms. The van der Waals surface area contributed by atoms with Crippen LogP contribution < -0.4 is 10.6 Å². The number of nitrogens with zero attached hydrogens (tertiary/aromatic N) is 2. The number of carbonyl (C=O) groups excluding carboxylic acids is 2. The van der Waals surface area contributed by atoms with Crippen LogP contribution in [0.4, 0.5) is 10.1 Å². The van der Waals surface area contributed by atoms with E-state index < -0.39 is 5.82 Å². The minimum atomic E-state index is -0.408. The van der Waals surface area contributed by atoms with Crippen LogP contribution in [-0.4, -0.2) is 22.0 Å². The Kier molecular flexibility index (Phi) is 5.79. The molecule has 4 rings (SSSR count). The maximum atomic E-state index is 13.0. The van der Waals surface area contributed by atoms with Gasteiger partial charge in [-0.2, -0.15) is 0 Å². The van der Waals surface area contributed by atoms with Gasteiger partial charge in [-0.1, -0.05) is 17.3 Å². The highest BCUT2D eigenvalue weighted by Crippen LogP contribution is 2.19. The summed E-state index contributed by atoms with van der Waals surface area (Å²) in [7, 11) is 0. The molecular formula is C23H17FN4O3. The van der Waals surface area contributed by atoms with Gasteiger partial charge in [0.25, 0.3) is 11.8 Å². The largest absolute Gasteiger partial charge is 0.355 e. The first kappa shape index (κ1) is 20.0. The van der Waals surface area contributed by atoms with Crippen molar-refractivity contribution >= 4 is 17.5 Å². The number of benzene rings is 2. The molecule has 0 atom stereocenters. The lowest BCUT2D eigenvalue weighted by atomic mass is 10.1. The summed E-state index contributed by atoms with van der Waals surface area (Å²) in [5.74, 6) is -0.705. The van der Waals surface area contributed by atoms with Crippen LogP contribution >= 0.6 is 0 Å². The van der Waals surface area contributed by atoms with E-state index in [1.165, 1.54) is 24.3 Å². The molecule has 2 aromatic heterocycles. The van der Waals surface area contributed by atoms with Crippen LogP contribution in [0.3, 0.4) is 0 Å². The molecule has 2 N–H and O–H groups in total. The maximum Gasteiger partial charge on any atom is 0.273 e. The lowest BCUT2D eigenvalue weighted by Gasteiger charge is -2.08. The first-order valence-corrected chi connectivity index (χ1v) is 9.40. The van der Waals surface area contributed by atoms with Crippen molar-refractivity contribution in [3.8, 4) is 11.3 Å². The molecule has 2 aromatic carbocycles. The Labute approximate surface area is 176 Å². The van der Waals surface area contributed by atoms with Gasteiger partial charge in [-0.15, -0.1) is 0 Å². The second-order valence-electron chi connectivity index (χ2n) is 6.66. The van der Waals surface area contributed by atoms with E-state index >= 15 is 0 Å². The zero-order valence-electron chi connectivity index (χ0n) is 16.2. The van der Waals surface area contributed by atoms with E-state index in [-0.39, 0.29) is 24.1 Å². The van der Waals surface area contributed by atoms with Crippen LogP contribution in [0.25, 0.3) is 11.3 Å². The summed E-state index contributed by atoms with van der Waals surface area (Å²) in [6, 6.07) is 17.4.